The Morgan fingerprint density at radius 3 is 2.85 bits per heavy atom. The van der Waals surface area contributed by atoms with Crippen LogP contribution in [0.1, 0.15) is 22.8 Å². The van der Waals surface area contributed by atoms with Crippen molar-refractivity contribution in [2.24, 2.45) is 0 Å². The molecule has 1 amide bonds. The van der Waals surface area contributed by atoms with E-state index in [1.807, 2.05) is 67.9 Å². The number of hydrogen-bond acceptors (Lipinski definition) is 5. The fraction of sp³-hybridized carbons (Fsp3) is 0.200. The number of nitrogens with zero attached hydrogens (tertiary/aromatic N) is 1. The predicted octanol–water partition coefficient (Wildman–Crippen LogP) is 5.49. The van der Waals surface area contributed by atoms with Crippen LogP contribution in [0, 0.1) is 6.92 Å². The number of nitrogens with one attached hydrogen (secondary N) is 1. The Labute approximate surface area is 161 Å². The molecule has 0 unspecified atom stereocenters. The van der Waals surface area contributed by atoms with Crippen molar-refractivity contribution in [1.29, 1.82) is 0 Å². The molecule has 1 heterocycles. The van der Waals surface area contributed by atoms with Crippen molar-refractivity contribution in [3.63, 3.8) is 0 Å². The van der Waals surface area contributed by atoms with Crippen LogP contribution in [0.2, 0.25) is 0 Å². The highest BCUT2D eigenvalue weighted by molar-refractivity contribution is 7.98. The number of amides is 1. The maximum absolute atomic E-state index is 12.6. The molecule has 3 aromatic rings. The van der Waals surface area contributed by atoms with Gasteiger partial charge in [0.1, 0.15) is 5.75 Å². The van der Waals surface area contributed by atoms with Crippen molar-refractivity contribution in [2.75, 3.05) is 18.2 Å². The SMILES string of the molecule is CCOc1ccccc1-c1csc(NC(=O)c2cc(SC)ccc2C)n1. The lowest BCUT2D eigenvalue weighted by Crippen LogP contribution is -2.13. The highest BCUT2D eigenvalue weighted by atomic mass is 32.2. The topological polar surface area (TPSA) is 51.2 Å². The maximum Gasteiger partial charge on any atom is 0.257 e. The molecule has 0 saturated carbocycles. The van der Waals surface area contributed by atoms with E-state index in [2.05, 4.69) is 10.3 Å². The Bertz CT molecular complexity index is 922. The number of thioether (sulfide) groups is 1. The van der Waals surface area contributed by atoms with E-state index in [9.17, 15) is 4.79 Å². The minimum absolute atomic E-state index is 0.141. The number of carbonyl (C=O) groups excluding carboxylic acids is 1. The average molecular weight is 385 g/mol. The molecule has 0 spiro atoms. The zero-order valence-electron chi connectivity index (χ0n) is 14.9. The van der Waals surface area contributed by atoms with Gasteiger partial charge >= 0.3 is 0 Å². The summed E-state index contributed by atoms with van der Waals surface area (Å²) < 4.78 is 5.67. The summed E-state index contributed by atoms with van der Waals surface area (Å²) >= 11 is 3.02. The molecule has 1 aromatic heterocycles. The molecule has 3 rings (SSSR count). The maximum atomic E-state index is 12.6. The van der Waals surface area contributed by atoms with E-state index in [0.717, 1.165) is 27.5 Å². The fourth-order valence-corrected chi connectivity index (χ4v) is 3.70. The van der Waals surface area contributed by atoms with Crippen molar-refractivity contribution < 1.29 is 9.53 Å². The molecule has 4 nitrogen and oxygen atoms in total. The number of aryl methyl sites for hydroxylation is 1. The molecule has 0 aliphatic carbocycles. The number of aromatic nitrogens is 1. The molecule has 0 aliphatic rings. The molecule has 6 heteroatoms. The first-order valence-electron chi connectivity index (χ1n) is 8.26. The third-order valence-electron chi connectivity index (χ3n) is 3.88. The predicted molar refractivity (Wildman–Crippen MR) is 110 cm³/mol. The van der Waals surface area contributed by atoms with Crippen molar-refractivity contribution in [2.45, 2.75) is 18.7 Å². The minimum atomic E-state index is -0.141. The molecular formula is C20H20N2O2S2. The second-order valence-electron chi connectivity index (χ2n) is 5.60. The molecule has 26 heavy (non-hydrogen) atoms. The molecule has 0 aliphatic heterocycles. The van der Waals surface area contributed by atoms with Gasteiger partial charge in [0.05, 0.1) is 12.3 Å². The molecular weight excluding hydrogens is 364 g/mol. The van der Waals surface area contributed by atoms with Crippen molar-refractivity contribution in [3.8, 4) is 17.0 Å². The number of anilines is 1. The Kier molecular flexibility index (Phi) is 5.96. The average Bonchev–Trinajstić information content (AvgIpc) is 3.11. The van der Waals surface area contributed by atoms with Crippen LogP contribution in [0.5, 0.6) is 5.75 Å². The van der Waals surface area contributed by atoms with Crippen LogP contribution in [-0.2, 0) is 0 Å². The zero-order valence-corrected chi connectivity index (χ0v) is 16.5. The fourth-order valence-electron chi connectivity index (χ4n) is 2.55. The quantitative estimate of drug-likeness (QED) is 0.571. The number of ether oxygens (including phenoxy) is 1. The van der Waals surface area contributed by atoms with Crippen LogP contribution in [0.25, 0.3) is 11.3 Å². The largest absolute Gasteiger partial charge is 0.493 e. The number of rotatable bonds is 6. The highest BCUT2D eigenvalue weighted by Crippen LogP contribution is 2.32. The molecule has 0 saturated heterocycles. The van der Waals surface area contributed by atoms with Crippen LogP contribution in [0.4, 0.5) is 5.13 Å². The Morgan fingerprint density at radius 2 is 2.08 bits per heavy atom. The number of carbonyl (C=O) groups is 1. The molecule has 2 aromatic carbocycles. The summed E-state index contributed by atoms with van der Waals surface area (Å²) in [4.78, 5) is 18.3. The molecule has 0 bridgehead atoms. The molecule has 0 atom stereocenters. The van der Waals surface area contributed by atoms with Gasteiger partial charge in [-0.25, -0.2) is 4.98 Å². The zero-order chi connectivity index (χ0) is 18.5. The van der Waals surface area contributed by atoms with Crippen LogP contribution in [-0.4, -0.2) is 23.8 Å². The first kappa shape index (κ1) is 18.5. The molecule has 1 N–H and O–H groups in total. The first-order valence-corrected chi connectivity index (χ1v) is 10.4. The van der Waals surface area contributed by atoms with Gasteiger partial charge in [-0.05, 0) is 49.9 Å². The van der Waals surface area contributed by atoms with Gasteiger partial charge in [-0.3, -0.25) is 10.1 Å². The van der Waals surface area contributed by atoms with Gasteiger partial charge in [-0.15, -0.1) is 23.1 Å². The van der Waals surface area contributed by atoms with Gasteiger partial charge in [0.15, 0.2) is 5.13 Å². The summed E-state index contributed by atoms with van der Waals surface area (Å²) in [5.74, 6) is 0.652. The lowest BCUT2D eigenvalue weighted by Gasteiger charge is -2.08. The number of benzene rings is 2. The van der Waals surface area contributed by atoms with E-state index in [0.29, 0.717) is 17.3 Å². The van der Waals surface area contributed by atoms with E-state index in [1.54, 1.807) is 11.8 Å². The summed E-state index contributed by atoms with van der Waals surface area (Å²) in [5, 5.41) is 5.41. The summed E-state index contributed by atoms with van der Waals surface area (Å²) in [6, 6.07) is 13.7. The van der Waals surface area contributed by atoms with E-state index in [1.165, 1.54) is 11.3 Å². The minimum Gasteiger partial charge on any atom is -0.493 e. The van der Waals surface area contributed by atoms with Crippen molar-refractivity contribution in [1.82, 2.24) is 4.98 Å². The van der Waals surface area contributed by atoms with Gasteiger partial charge in [-0.2, -0.15) is 0 Å². The third kappa shape index (κ3) is 4.08. The summed E-state index contributed by atoms with van der Waals surface area (Å²) in [7, 11) is 0. The Balaban J connectivity index is 1.82. The van der Waals surface area contributed by atoms with Crippen molar-refractivity contribution >= 4 is 34.1 Å². The number of hydrogen-bond donors (Lipinski definition) is 1. The Hall–Kier alpha value is -2.31. The van der Waals surface area contributed by atoms with Crippen LogP contribution in [0.3, 0.4) is 0 Å². The third-order valence-corrected chi connectivity index (χ3v) is 5.36. The second kappa shape index (κ2) is 8.38. The van der Waals surface area contributed by atoms with Crippen LogP contribution < -0.4 is 10.1 Å². The molecule has 0 radical (unpaired) electrons. The van der Waals surface area contributed by atoms with Crippen molar-refractivity contribution in [3.05, 3.63) is 59.0 Å². The second-order valence-corrected chi connectivity index (χ2v) is 7.34. The van der Waals surface area contributed by atoms with E-state index in [-0.39, 0.29) is 5.91 Å². The lowest BCUT2D eigenvalue weighted by atomic mass is 10.1. The normalized spacial score (nSPS) is 10.6. The number of thiazole rings is 1. The summed E-state index contributed by atoms with van der Waals surface area (Å²) in [6.07, 6.45) is 2.00. The van der Waals surface area contributed by atoms with E-state index < -0.39 is 0 Å². The smallest absolute Gasteiger partial charge is 0.257 e. The van der Waals surface area contributed by atoms with Gasteiger partial charge in [0.25, 0.3) is 5.91 Å². The molecule has 134 valence electrons. The molecule has 0 fully saturated rings. The standard InChI is InChI=1S/C20H20N2O2S2/c1-4-24-18-8-6-5-7-15(18)17-12-26-20(21-17)22-19(23)16-11-14(25-3)10-9-13(16)2/h5-12H,4H2,1-3H3,(H,21,22,23). The van der Waals surface area contributed by atoms with E-state index >= 15 is 0 Å². The summed E-state index contributed by atoms with van der Waals surface area (Å²) in [5.41, 5.74) is 3.33. The highest BCUT2D eigenvalue weighted by Gasteiger charge is 2.14. The monoisotopic (exact) mass is 384 g/mol. The Morgan fingerprint density at radius 1 is 1.27 bits per heavy atom. The van der Waals surface area contributed by atoms with Gasteiger partial charge in [-0.1, -0.05) is 18.2 Å². The van der Waals surface area contributed by atoms with Crippen LogP contribution >= 0.6 is 23.1 Å². The first-order chi connectivity index (χ1) is 12.6. The van der Waals surface area contributed by atoms with Crippen LogP contribution in [0.15, 0.2) is 52.7 Å². The summed E-state index contributed by atoms with van der Waals surface area (Å²) in [6.45, 7) is 4.48. The van der Waals surface area contributed by atoms with Gasteiger partial charge in [0.2, 0.25) is 0 Å². The van der Waals surface area contributed by atoms with Gasteiger partial charge in [0, 0.05) is 21.4 Å². The van der Waals surface area contributed by atoms with Gasteiger partial charge < -0.3 is 4.74 Å². The van der Waals surface area contributed by atoms with E-state index in [4.69, 9.17) is 4.74 Å². The number of para-hydroxylation sites is 1. The lowest BCUT2D eigenvalue weighted by molar-refractivity contribution is 0.102.